The van der Waals surface area contributed by atoms with Crippen LogP contribution in [0.1, 0.15) is 38.5 Å². The van der Waals surface area contributed by atoms with Gasteiger partial charge in [-0.15, -0.1) is 11.3 Å². The minimum Gasteiger partial charge on any atom is -0.356 e. The summed E-state index contributed by atoms with van der Waals surface area (Å²) >= 11 is 1.82. The summed E-state index contributed by atoms with van der Waals surface area (Å²) in [7, 11) is 1.85. The SMILES string of the molecule is C=C(C)CN1CCC(NC(=NC)NCC(C)(C)c2cccs2)CC1. The van der Waals surface area contributed by atoms with Crippen molar-refractivity contribution in [1.82, 2.24) is 15.5 Å². The molecule has 0 aliphatic carbocycles. The minimum absolute atomic E-state index is 0.108. The lowest BCUT2D eigenvalue weighted by atomic mass is 9.91. The maximum absolute atomic E-state index is 4.40. The quantitative estimate of drug-likeness (QED) is 0.471. The van der Waals surface area contributed by atoms with Gasteiger partial charge in [-0.3, -0.25) is 9.89 Å². The van der Waals surface area contributed by atoms with Gasteiger partial charge in [0.05, 0.1) is 0 Å². The number of rotatable bonds is 6. The van der Waals surface area contributed by atoms with Gasteiger partial charge in [0.25, 0.3) is 0 Å². The zero-order valence-corrected chi connectivity index (χ0v) is 16.4. The molecule has 1 aliphatic heterocycles. The Labute approximate surface area is 151 Å². The molecule has 0 saturated carbocycles. The molecule has 24 heavy (non-hydrogen) atoms. The van der Waals surface area contributed by atoms with E-state index in [0.29, 0.717) is 6.04 Å². The zero-order chi connectivity index (χ0) is 17.6. The molecule has 0 amide bonds. The van der Waals surface area contributed by atoms with E-state index in [1.54, 1.807) is 0 Å². The third kappa shape index (κ3) is 5.64. The average Bonchev–Trinajstić information content (AvgIpc) is 3.08. The molecule has 2 N–H and O–H groups in total. The van der Waals surface area contributed by atoms with E-state index in [-0.39, 0.29) is 5.41 Å². The van der Waals surface area contributed by atoms with Crippen LogP contribution in [0.5, 0.6) is 0 Å². The molecule has 1 aromatic rings. The first kappa shape index (κ1) is 19.0. The van der Waals surface area contributed by atoms with Crippen molar-refractivity contribution in [2.45, 2.75) is 45.1 Å². The highest BCUT2D eigenvalue weighted by atomic mass is 32.1. The smallest absolute Gasteiger partial charge is 0.191 e. The van der Waals surface area contributed by atoms with Crippen molar-refractivity contribution in [1.29, 1.82) is 0 Å². The van der Waals surface area contributed by atoms with Crippen molar-refractivity contribution in [3.8, 4) is 0 Å². The molecule has 0 aromatic carbocycles. The van der Waals surface area contributed by atoms with Crippen LogP contribution in [0.2, 0.25) is 0 Å². The van der Waals surface area contributed by atoms with Crippen LogP contribution < -0.4 is 10.6 Å². The van der Waals surface area contributed by atoms with E-state index in [0.717, 1.165) is 45.0 Å². The predicted octanol–water partition coefficient (Wildman–Crippen LogP) is 3.23. The van der Waals surface area contributed by atoms with E-state index in [1.165, 1.54) is 10.5 Å². The van der Waals surface area contributed by atoms with Gasteiger partial charge in [-0.05, 0) is 31.2 Å². The summed E-state index contributed by atoms with van der Waals surface area (Å²) in [5, 5.41) is 9.24. The van der Waals surface area contributed by atoms with E-state index in [4.69, 9.17) is 0 Å². The third-order valence-electron chi connectivity index (χ3n) is 4.53. The number of nitrogens with zero attached hydrogens (tertiary/aromatic N) is 2. The Morgan fingerprint density at radius 1 is 1.42 bits per heavy atom. The van der Waals surface area contributed by atoms with Gasteiger partial charge >= 0.3 is 0 Å². The molecular weight excluding hydrogens is 316 g/mol. The molecule has 4 nitrogen and oxygen atoms in total. The number of likely N-dealkylation sites (tertiary alicyclic amines) is 1. The molecule has 0 spiro atoms. The summed E-state index contributed by atoms with van der Waals surface area (Å²) in [4.78, 5) is 8.29. The second-order valence-corrected chi connectivity index (χ2v) is 8.39. The number of hydrogen-bond donors (Lipinski definition) is 2. The van der Waals surface area contributed by atoms with Gasteiger partial charge in [-0.2, -0.15) is 0 Å². The van der Waals surface area contributed by atoms with Gasteiger partial charge in [0, 0.05) is 49.6 Å². The van der Waals surface area contributed by atoms with Crippen molar-refractivity contribution in [3.63, 3.8) is 0 Å². The fourth-order valence-electron chi connectivity index (χ4n) is 3.06. The highest BCUT2D eigenvalue weighted by Crippen LogP contribution is 2.26. The molecule has 1 fully saturated rings. The molecule has 0 atom stereocenters. The first-order valence-corrected chi connectivity index (χ1v) is 9.66. The van der Waals surface area contributed by atoms with Crippen LogP contribution in [0.3, 0.4) is 0 Å². The Hall–Kier alpha value is -1.33. The second kappa shape index (κ2) is 8.67. The lowest BCUT2D eigenvalue weighted by Gasteiger charge is -2.33. The van der Waals surface area contributed by atoms with Crippen LogP contribution in [0, 0.1) is 0 Å². The number of nitrogens with one attached hydrogen (secondary N) is 2. The van der Waals surface area contributed by atoms with E-state index in [1.807, 2.05) is 18.4 Å². The number of guanidine groups is 1. The summed E-state index contributed by atoms with van der Waals surface area (Å²) in [6.07, 6.45) is 2.31. The van der Waals surface area contributed by atoms with Crippen LogP contribution in [0.15, 0.2) is 34.7 Å². The summed E-state index contributed by atoms with van der Waals surface area (Å²) in [5.41, 5.74) is 1.35. The third-order valence-corrected chi connectivity index (χ3v) is 5.77. The van der Waals surface area contributed by atoms with E-state index in [2.05, 4.69) is 65.4 Å². The zero-order valence-electron chi connectivity index (χ0n) is 15.6. The largest absolute Gasteiger partial charge is 0.356 e. The van der Waals surface area contributed by atoms with Crippen molar-refractivity contribution < 1.29 is 0 Å². The van der Waals surface area contributed by atoms with Gasteiger partial charge in [0.15, 0.2) is 5.96 Å². The van der Waals surface area contributed by atoms with Gasteiger partial charge < -0.3 is 10.6 Å². The molecule has 1 aromatic heterocycles. The summed E-state index contributed by atoms with van der Waals surface area (Å²) in [5.74, 6) is 0.915. The maximum Gasteiger partial charge on any atom is 0.191 e. The lowest BCUT2D eigenvalue weighted by molar-refractivity contribution is 0.221. The van der Waals surface area contributed by atoms with Crippen LogP contribution in [-0.2, 0) is 5.41 Å². The van der Waals surface area contributed by atoms with Crippen molar-refractivity contribution in [2.75, 3.05) is 33.2 Å². The first-order valence-electron chi connectivity index (χ1n) is 8.78. The van der Waals surface area contributed by atoms with Gasteiger partial charge in [-0.25, -0.2) is 0 Å². The summed E-state index contributed by atoms with van der Waals surface area (Å²) in [6, 6.07) is 4.83. The number of piperidine rings is 1. The topological polar surface area (TPSA) is 39.7 Å². The first-order chi connectivity index (χ1) is 11.4. The van der Waals surface area contributed by atoms with E-state index >= 15 is 0 Å². The molecule has 0 bridgehead atoms. The number of aliphatic imine (C=N–C) groups is 1. The van der Waals surface area contributed by atoms with Crippen molar-refractivity contribution in [2.24, 2.45) is 4.99 Å². The van der Waals surface area contributed by atoms with Crippen LogP contribution >= 0.6 is 11.3 Å². The molecule has 134 valence electrons. The Morgan fingerprint density at radius 2 is 2.12 bits per heavy atom. The summed E-state index contributed by atoms with van der Waals surface area (Å²) in [6.45, 7) is 14.8. The molecule has 0 radical (unpaired) electrons. The fraction of sp³-hybridized carbons (Fsp3) is 0.632. The average molecular weight is 349 g/mol. The number of thiophene rings is 1. The molecule has 0 unspecified atom stereocenters. The Kier molecular flexibility index (Phi) is 6.87. The highest BCUT2D eigenvalue weighted by Gasteiger charge is 2.23. The molecule has 2 rings (SSSR count). The Bertz CT molecular complexity index is 540. The van der Waals surface area contributed by atoms with Crippen molar-refractivity contribution >= 4 is 17.3 Å². The van der Waals surface area contributed by atoms with E-state index < -0.39 is 0 Å². The second-order valence-electron chi connectivity index (χ2n) is 7.44. The number of hydrogen-bond acceptors (Lipinski definition) is 3. The molecule has 5 heteroatoms. The van der Waals surface area contributed by atoms with Gasteiger partial charge in [0.2, 0.25) is 0 Å². The summed E-state index contributed by atoms with van der Waals surface area (Å²) < 4.78 is 0. The maximum atomic E-state index is 4.40. The predicted molar refractivity (Wildman–Crippen MR) is 106 cm³/mol. The van der Waals surface area contributed by atoms with Gasteiger partial charge in [-0.1, -0.05) is 32.1 Å². The highest BCUT2D eigenvalue weighted by molar-refractivity contribution is 7.10. The normalized spacial score (nSPS) is 17.8. The molecule has 2 heterocycles. The fourth-order valence-corrected chi connectivity index (χ4v) is 3.91. The van der Waals surface area contributed by atoms with Crippen LogP contribution in [-0.4, -0.2) is 50.1 Å². The molecule has 1 aliphatic rings. The minimum atomic E-state index is 0.108. The molecule has 1 saturated heterocycles. The van der Waals surface area contributed by atoms with Gasteiger partial charge in [0.1, 0.15) is 0 Å². The lowest BCUT2D eigenvalue weighted by Crippen LogP contribution is -2.50. The standard InChI is InChI=1S/C19H32N4S/c1-15(2)13-23-10-8-16(9-11-23)22-18(20-5)21-14-19(3,4)17-7-6-12-24-17/h6-7,12,16H,1,8-11,13-14H2,2-5H3,(H2,20,21,22). The van der Waals surface area contributed by atoms with Crippen LogP contribution in [0.25, 0.3) is 0 Å². The monoisotopic (exact) mass is 348 g/mol. The Balaban J connectivity index is 1.78. The van der Waals surface area contributed by atoms with Crippen LogP contribution in [0.4, 0.5) is 0 Å². The van der Waals surface area contributed by atoms with E-state index in [9.17, 15) is 0 Å². The molecular formula is C19H32N4S. The Morgan fingerprint density at radius 3 is 2.67 bits per heavy atom. The van der Waals surface area contributed by atoms with Crippen molar-refractivity contribution in [3.05, 3.63) is 34.5 Å².